The fraction of sp³-hybridized carbons (Fsp3) is 0.700. The summed E-state index contributed by atoms with van der Waals surface area (Å²) in [5, 5.41) is 7.25. The van der Waals surface area contributed by atoms with Crippen molar-refractivity contribution < 1.29 is 14.3 Å². The van der Waals surface area contributed by atoms with Gasteiger partial charge < -0.3 is 19.9 Å². The van der Waals surface area contributed by atoms with E-state index in [1.165, 1.54) is 5.56 Å². The first-order valence-corrected chi connectivity index (χ1v) is 10.9. The van der Waals surface area contributed by atoms with Gasteiger partial charge in [-0.15, -0.1) is 0 Å². The van der Waals surface area contributed by atoms with E-state index >= 15 is 0 Å². The Balaban J connectivity index is 1.27. The van der Waals surface area contributed by atoms with Gasteiger partial charge in [0.25, 0.3) is 0 Å². The number of rotatable bonds is 5. The lowest BCUT2D eigenvalue weighted by Gasteiger charge is -2.35. The summed E-state index contributed by atoms with van der Waals surface area (Å²) in [5.41, 5.74) is 1.43. The summed E-state index contributed by atoms with van der Waals surface area (Å²) in [6.45, 7) is 6.23. The minimum atomic E-state index is 0.0515. The summed E-state index contributed by atoms with van der Waals surface area (Å²) in [5.74, 6) is 0.612. The molecule has 1 aliphatic carbocycles. The summed E-state index contributed by atoms with van der Waals surface area (Å²) < 4.78 is 5.36. The van der Waals surface area contributed by atoms with Gasteiger partial charge in [-0.25, -0.2) is 4.79 Å². The SMILES string of the molecule is CC(=O)N(Cc1ccsc1)[C@H]1CC12CCN(C(=O)NC[C@@H]1CCOC1)CC2. The highest BCUT2D eigenvalue weighted by Gasteiger charge is 2.58. The van der Waals surface area contributed by atoms with Gasteiger partial charge in [0.05, 0.1) is 6.61 Å². The van der Waals surface area contributed by atoms with Crippen LogP contribution in [0.3, 0.4) is 0 Å². The summed E-state index contributed by atoms with van der Waals surface area (Å²) in [4.78, 5) is 28.6. The van der Waals surface area contributed by atoms with E-state index in [0.29, 0.717) is 25.0 Å². The maximum absolute atomic E-state index is 12.4. The molecule has 0 bridgehead atoms. The molecule has 148 valence electrons. The molecular formula is C20H29N3O3S. The smallest absolute Gasteiger partial charge is 0.317 e. The number of piperidine rings is 1. The van der Waals surface area contributed by atoms with Crippen LogP contribution in [-0.2, 0) is 16.1 Å². The highest BCUT2D eigenvalue weighted by molar-refractivity contribution is 7.07. The molecule has 1 aromatic heterocycles. The van der Waals surface area contributed by atoms with Crippen molar-refractivity contribution in [3.05, 3.63) is 22.4 Å². The topological polar surface area (TPSA) is 61.9 Å². The third kappa shape index (κ3) is 4.14. The summed E-state index contributed by atoms with van der Waals surface area (Å²) in [6.07, 6.45) is 4.09. The Hall–Kier alpha value is -1.60. The molecule has 6 nitrogen and oxygen atoms in total. The summed E-state index contributed by atoms with van der Waals surface area (Å²) in [7, 11) is 0. The van der Waals surface area contributed by atoms with Crippen molar-refractivity contribution in [2.24, 2.45) is 11.3 Å². The third-order valence-electron chi connectivity index (χ3n) is 6.47. The number of carbonyl (C=O) groups excluding carboxylic acids is 2. The van der Waals surface area contributed by atoms with Gasteiger partial charge in [-0.2, -0.15) is 11.3 Å². The lowest BCUT2D eigenvalue weighted by Crippen LogP contribution is -2.47. The number of likely N-dealkylation sites (tertiary alicyclic amines) is 1. The van der Waals surface area contributed by atoms with E-state index < -0.39 is 0 Å². The van der Waals surface area contributed by atoms with Crippen LogP contribution < -0.4 is 5.32 Å². The number of amides is 3. The number of nitrogens with one attached hydrogen (secondary N) is 1. The number of thiophene rings is 1. The lowest BCUT2D eigenvalue weighted by molar-refractivity contribution is -0.130. The van der Waals surface area contributed by atoms with Crippen LogP contribution in [-0.4, -0.2) is 60.6 Å². The molecule has 0 radical (unpaired) electrons. The second kappa shape index (κ2) is 7.80. The first-order chi connectivity index (χ1) is 13.1. The van der Waals surface area contributed by atoms with Crippen LogP contribution in [0.5, 0.6) is 0 Å². The zero-order chi connectivity index (χ0) is 18.9. The molecule has 3 amide bonds. The average molecular weight is 392 g/mol. The number of urea groups is 1. The van der Waals surface area contributed by atoms with Crippen LogP contribution >= 0.6 is 11.3 Å². The number of carbonyl (C=O) groups is 2. The van der Waals surface area contributed by atoms with Crippen molar-refractivity contribution in [3.8, 4) is 0 Å². The molecular weight excluding hydrogens is 362 g/mol. The average Bonchev–Trinajstić information content (AvgIpc) is 3.08. The molecule has 1 spiro atoms. The Morgan fingerprint density at radius 1 is 1.41 bits per heavy atom. The lowest BCUT2D eigenvalue weighted by atomic mass is 9.92. The number of ether oxygens (including phenoxy) is 1. The molecule has 3 fully saturated rings. The van der Waals surface area contributed by atoms with Gasteiger partial charge in [0, 0.05) is 51.7 Å². The maximum Gasteiger partial charge on any atom is 0.317 e. The maximum atomic E-state index is 12.4. The van der Waals surface area contributed by atoms with E-state index in [1.54, 1.807) is 18.3 Å². The number of hydrogen-bond donors (Lipinski definition) is 1. The normalized spacial score (nSPS) is 26.2. The van der Waals surface area contributed by atoms with E-state index in [1.807, 2.05) is 9.80 Å². The van der Waals surface area contributed by atoms with Crippen LogP contribution in [0.15, 0.2) is 16.8 Å². The molecule has 0 unspecified atom stereocenters. The molecule has 2 atom stereocenters. The van der Waals surface area contributed by atoms with Crippen molar-refractivity contribution in [1.82, 2.24) is 15.1 Å². The predicted molar refractivity (Wildman–Crippen MR) is 105 cm³/mol. The molecule has 1 aromatic rings. The third-order valence-corrected chi connectivity index (χ3v) is 7.20. The molecule has 2 aliphatic heterocycles. The van der Waals surface area contributed by atoms with Crippen LogP contribution in [0.2, 0.25) is 0 Å². The molecule has 4 rings (SSSR count). The second-order valence-electron chi connectivity index (χ2n) is 8.26. The van der Waals surface area contributed by atoms with Gasteiger partial charge in [0.15, 0.2) is 0 Å². The van der Waals surface area contributed by atoms with Crippen molar-refractivity contribution in [2.45, 2.75) is 45.2 Å². The van der Waals surface area contributed by atoms with E-state index in [4.69, 9.17) is 4.74 Å². The van der Waals surface area contributed by atoms with Crippen LogP contribution in [0.1, 0.15) is 38.2 Å². The first kappa shape index (κ1) is 18.7. The Labute approximate surface area is 164 Å². The number of hydrogen-bond acceptors (Lipinski definition) is 4. The van der Waals surface area contributed by atoms with E-state index in [0.717, 1.165) is 52.0 Å². The van der Waals surface area contributed by atoms with Gasteiger partial charge in [-0.3, -0.25) is 4.79 Å². The van der Waals surface area contributed by atoms with Crippen molar-refractivity contribution in [1.29, 1.82) is 0 Å². The first-order valence-electron chi connectivity index (χ1n) is 9.96. The van der Waals surface area contributed by atoms with Crippen molar-refractivity contribution >= 4 is 23.3 Å². The Bertz CT molecular complexity index is 664. The number of nitrogens with zero attached hydrogens (tertiary/aromatic N) is 2. The summed E-state index contributed by atoms with van der Waals surface area (Å²) in [6, 6.07) is 2.48. The van der Waals surface area contributed by atoms with Crippen LogP contribution in [0, 0.1) is 11.3 Å². The highest BCUT2D eigenvalue weighted by Crippen LogP contribution is 2.57. The molecule has 7 heteroatoms. The zero-order valence-corrected chi connectivity index (χ0v) is 16.8. The minimum absolute atomic E-state index is 0.0515. The second-order valence-corrected chi connectivity index (χ2v) is 9.04. The van der Waals surface area contributed by atoms with Gasteiger partial charge in [-0.1, -0.05) is 0 Å². The van der Waals surface area contributed by atoms with Gasteiger partial charge in [-0.05, 0) is 53.5 Å². The van der Waals surface area contributed by atoms with E-state index in [2.05, 4.69) is 22.1 Å². The minimum Gasteiger partial charge on any atom is -0.381 e. The highest BCUT2D eigenvalue weighted by atomic mass is 32.1. The molecule has 1 N–H and O–H groups in total. The monoisotopic (exact) mass is 391 g/mol. The van der Waals surface area contributed by atoms with E-state index in [-0.39, 0.29) is 17.4 Å². The van der Waals surface area contributed by atoms with Gasteiger partial charge in [0.2, 0.25) is 5.91 Å². The van der Waals surface area contributed by atoms with Crippen molar-refractivity contribution in [3.63, 3.8) is 0 Å². The fourth-order valence-electron chi connectivity index (χ4n) is 4.57. The van der Waals surface area contributed by atoms with Crippen molar-refractivity contribution in [2.75, 3.05) is 32.8 Å². The Morgan fingerprint density at radius 2 is 2.22 bits per heavy atom. The molecule has 2 saturated heterocycles. The van der Waals surface area contributed by atoms with Crippen LogP contribution in [0.25, 0.3) is 0 Å². The van der Waals surface area contributed by atoms with E-state index in [9.17, 15) is 9.59 Å². The zero-order valence-electron chi connectivity index (χ0n) is 16.0. The fourth-order valence-corrected chi connectivity index (χ4v) is 5.23. The Morgan fingerprint density at radius 3 is 2.85 bits per heavy atom. The predicted octanol–water partition coefficient (Wildman–Crippen LogP) is 2.70. The van der Waals surface area contributed by atoms with Gasteiger partial charge >= 0.3 is 6.03 Å². The molecule has 27 heavy (non-hydrogen) atoms. The van der Waals surface area contributed by atoms with Crippen LogP contribution in [0.4, 0.5) is 4.79 Å². The molecule has 0 aromatic carbocycles. The standard InChI is InChI=1S/C20H29N3O3S/c1-15(24)23(12-17-3-9-27-14-17)18-10-20(18)4-6-22(7-5-20)19(25)21-11-16-2-8-26-13-16/h3,9,14,16,18H,2,4-8,10-13H2,1H3,(H,21,25)/t16-,18-/m0/s1. The summed E-state index contributed by atoms with van der Waals surface area (Å²) >= 11 is 1.67. The molecule has 3 aliphatic rings. The Kier molecular flexibility index (Phi) is 5.41. The van der Waals surface area contributed by atoms with Gasteiger partial charge in [0.1, 0.15) is 0 Å². The largest absolute Gasteiger partial charge is 0.381 e. The molecule has 1 saturated carbocycles. The quantitative estimate of drug-likeness (QED) is 0.839. The molecule has 3 heterocycles.